The Morgan fingerprint density at radius 1 is 0.533 bits per heavy atom. The van der Waals surface area contributed by atoms with Gasteiger partial charge in [0.15, 0.2) is 0 Å². The van der Waals surface area contributed by atoms with Crippen LogP contribution in [0.4, 0.5) is 32.3 Å². The summed E-state index contributed by atoms with van der Waals surface area (Å²) < 4.78 is 0. The van der Waals surface area contributed by atoms with Crippen molar-refractivity contribution in [1.29, 1.82) is 0 Å². The zero-order chi connectivity index (χ0) is 31.8. The van der Waals surface area contributed by atoms with Crippen LogP contribution in [-0.4, -0.2) is 59.1 Å². The Bertz CT molecular complexity index is 1750. The van der Waals surface area contributed by atoms with Gasteiger partial charge in [0.05, 0.1) is 22.5 Å². The molecule has 2 aliphatic heterocycles. The van der Waals surface area contributed by atoms with Gasteiger partial charge in [-0.2, -0.15) is 0 Å². The second-order valence-corrected chi connectivity index (χ2v) is 10.4. The van der Waals surface area contributed by atoms with Crippen molar-refractivity contribution < 1.29 is 39.0 Å². The second kappa shape index (κ2) is 11.4. The topological polar surface area (TPSA) is 156 Å². The monoisotopic (exact) mass is 604 g/mol. The highest BCUT2D eigenvalue weighted by atomic mass is 16.4. The van der Waals surface area contributed by atoms with Gasteiger partial charge in [-0.05, 0) is 78.2 Å². The molecule has 0 aliphatic carbocycles. The van der Waals surface area contributed by atoms with Crippen LogP contribution in [0, 0.1) is 0 Å². The van der Waals surface area contributed by atoms with Gasteiger partial charge in [-0.25, -0.2) is 29.0 Å². The minimum atomic E-state index is -1.14. The maximum absolute atomic E-state index is 13.1. The van der Waals surface area contributed by atoms with E-state index < -0.39 is 35.8 Å². The number of imide groups is 2. The Hall–Kier alpha value is -6.30. The molecule has 0 bridgehead atoms. The number of benzene rings is 4. The van der Waals surface area contributed by atoms with Crippen molar-refractivity contribution in [2.45, 2.75) is 6.42 Å². The number of carboxylic acids is 2. The van der Waals surface area contributed by atoms with Crippen molar-refractivity contribution in [2.75, 3.05) is 32.7 Å². The van der Waals surface area contributed by atoms with Gasteiger partial charge in [-0.15, -0.1) is 0 Å². The lowest BCUT2D eigenvalue weighted by atomic mass is 10.0. The van der Waals surface area contributed by atoms with Gasteiger partial charge in [-0.3, -0.25) is 19.4 Å². The highest BCUT2D eigenvalue weighted by Crippen LogP contribution is 2.29. The third kappa shape index (κ3) is 5.47. The molecule has 45 heavy (non-hydrogen) atoms. The lowest BCUT2D eigenvalue weighted by molar-refractivity contribution is -0.116. The maximum atomic E-state index is 13.1. The first-order valence-electron chi connectivity index (χ1n) is 13.7. The zero-order valence-corrected chi connectivity index (χ0v) is 23.5. The molecule has 0 radical (unpaired) electrons. The van der Waals surface area contributed by atoms with Crippen molar-refractivity contribution >= 4 is 58.6 Å². The van der Waals surface area contributed by atoms with Crippen LogP contribution in [0.25, 0.3) is 0 Å². The summed E-state index contributed by atoms with van der Waals surface area (Å²) >= 11 is 0. The molecule has 12 nitrogen and oxygen atoms in total. The predicted molar refractivity (Wildman–Crippen MR) is 163 cm³/mol. The van der Waals surface area contributed by atoms with E-state index in [9.17, 15) is 39.0 Å². The first kappa shape index (κ1) is 28.8. The fraction of sp³-hybridized carbons (Fsp3) is 0.0909. The van der Waals surface area contributed by atoms with E-state index in [1.165, 1.54) is 46.2 Å². The van der Waals surface area contributed by atoms with E-state index in [0.717, 1.165) is 20.9 Å². The number of carbonyl (C=O) groups excluding carboxylic acids is 4. The molecule has 2 N–H and O–H groups in total. The number of aromatic carboxylic acids is 2. The number of urea groups is 2. The number of hydrogen-bond acceptors (Lipinski definition) is 6. The number of carboxylic acid groups (broad SMARTS) is 2. The molecule has 2 fully saturated rings. The molecule has 6 amide bonds. The van der Waals surface area contributed by atoms with Crippen LogP contribution in [0.1, 0.15) is 31.8 Å². The molecule has 12 heteroatoms. The number of amides is 6. The van der Waals surface area contributed by atoms with Crippen molar-refractivity contribution in [3.63, 3.8) is 0 Å². The molecule has 0 aromatic heterocycles. The van der Waals surface area contributed by atoms with E-state index in [1.54, 1.807) is 60.7 Å². The Labute approximate surface area is 255 Å². The molecule has 2 aliphatic rings. The molecule has 224 valence electrons. The molecular weight excluding hydrogens is 580 g/mol. The van der Waals surface area contributed by atoms with Crippen LogP contribution in [0.5, 0.6) is 0 Å². The van der Waals surface area contributed by atoms with Crippen LogP contribution in [0.2, 0.25) is 0 Å². The fourth-order valence-corrected chi connectivity index (χ4v) is 5.29. The summed E-state index contributed by atoms with van der Waals surface area (Å²) in [7, 11) is 0. The van der Waals surface area contributed by atoms with Crippen molar-refractivity contribution in [3.8, 4) is 0 Å². The molecule has 6 rings (SSSR count). The molecule has 4 aromatic rings. The summed E-state index contributed by atoms with van der Waals surface area (Å²) in [6.45, 7) is -0.435. The number of nitrogens with zero attached hydrogens (tertiary/aromatic N) is 4. The van der Waals surface area contributed by atoms with Gasteiger partial charge in [0.25, 0.3) is 11.8 Å². The molecule has 4 aromatic carbocycles. The Kier molecular flexibility index (Phi) is 7.31. The van der Waals surface area contributed by atoms with Gasteiger partial charge in [0.2, 0.25) is 0 Å². The van der Waals surface area contributed by atoms with Gasteiger partial charge in [0.1, 0.15) is 13.1 Å². The predicted octanol–water partition coefficient (Wildman–Crippen LogP) is 4.62. The summed E-state index contributed by atoms with van der Waals surface area (Å²) in [4.78, 5) is 79.0. The number of anilines is 4. The van der Waals surface area contributed by atoms with Crippen LogP contribution in [0.3, 0.4) is 0 Å². The minimum absolute atomic E-state index is 0.00690. The third-order valence-corrected chi connectivity index (χ3v) is 7.54. The van der Waals surface area contributed by atoms with E-state index in [4.69, 9.17) is 0 Å². The lowest BCUT2D eigenvalue weighted by Gasteiger charge is -2.18. The molecule has 2 heterocycles. The second-order valence-electron chi connectivity index (χ2n) is 10.4. The summed E-state index contributed by atoms with van der Waals surface area (Å²) in [5, 5.41) is 18.5. The maximum Gasteiger partial charge on any atom is 0.336 e. The number of rotatable bonds is 8. The van der Waals surface area contributed by atoms with Crippen molar-refractivity contribution in [2.24, 2.45) is 0 Å². The number of hydrogen-bond donors (Lipinski definition) is 2. The molecule has 0 unspecified atom stereocenters. The quantitative estimate of drug-likeness (QED) is 0.276. The van der Waals surface area contributed by atoms with Gasteiger partial charge in [0, 0.05) is 11.4 Å². The van der Waals surface area contributed by atoms with Gasteiger partial charge >= 0.3 is 24.0 Å². The summed E-state index contributed by atoms with van der Waals surface area (Å²) in [5.41, 5.74) is 3.17. The Morgan fingerprint density at radius 3 is 1.27 bits per heavy atom. The molecule has 0 spiro atoms. The van der Waals surface area contributed by atoms with Crippen LogP contribution in [-0.2, 0) is 16.0 Å². The smallest absolute Gasteiger partial charge is 0.336 e. The van der Waals surface area contributed by atoms with Crippen LogP contribution in [0.15, 0.2) is 97.1 Å². The summed E-state index contributed by atoms with van der Waals surface area (Å²) in [5.74, 6) is -3.16. The van der Waals surface area contributed by atoms with Crippen LogP contribution >= 0.6 is 0 Å². The third-order valence-electron chi connectivity index (χ3n) is 7.54. The van der Waals surface area contributed by atoms with E-state index in [-0.39, 0.29) is 24.2 Å². The van der Waals surface area contributed by atoms with E-state index >= 15 is 0 Å². The molecular formula is C33H24N4O8. The zero-order valence-electron chi connectivity index (χ0n) is 23.5. The average Bonchev–Trinajstić information content (AvgIpc) is 3.51. The lowest BCUT2D eigenvalue weighted by Crippen LogP contribution is -2.33. The Morgan fingerprint density at radius 2 is 0.911 bits per heavy atom. The van der Waals surface area contributed by atoms with Gasteiger partial charge < -0.3 is 10.2 Å². The SMILES string of the molecule is O=C(O)c1cccc(N2CC(=O)N(c3ccc(Cc4ccc(N5C(=O)CN(c6cccc(C(=O)O)c6)C5=O)cc4)cc3)C2=O)c1. The van der Waals surface area contributed by atoms with E-state index in [0.29, 0.717) is 29.2 Å². The molecule has 0 atom stereocenters. The molecule has 2 saturated heterocycles. The normalized spacial score (nSPS) is 14.9. The van der Waals surface area contributed by atoms with E-state index in [1.807, 2.05) is 0 Å². The fourth-order valence-electron chi connectivity index (χ4n) is 5.29. The van der Waals surface area contributed by atoms with Gasteiger partial charge in [-0.1, -0.05) is 36.4 Å². The summed E-state index contributed by atoms with van der Waals surface area (Å²) in [6, 6.07) is 24.3. The van der Waals surface area contributed by atoms with Crippen LogP contribution < -0.4 is 19.6 Å². The summed E-state index contributed by atoms with van der Waals surface area (Å²) in [6.07, 6.45) is 0.493. The minimum Gasteiger partial charge on any atom is -0.478 e. The van der Waals surface area contributed by atoms with E-state index in [2.05, 4.69) is 0 Å². The standard InChI is InChI=1S/C33H24N4O8/c38-28-18-34(26-5-1-3-22(16-26)30(40)41)32(44)36(28)24-11-7-20(8-12-24)15-21-9-13-25(14-10-21)37-29(39)19-35(33(37)45)27-6-2-4-23(17-27)31(42)43/h1-14,16-17H,15,18-19H2,(H,40,41)(H,42,43). The highest BCUT2D eigenvalue weighted by Gasteiger charge is 2.39. The highest BCUT2D eigenvalue weighted by molar-refractivity contribution is 6.27. The number of carbonyl (C=O) groups is 6. The Balaban J connectivity index is 1.12. The van der Waals surface area contributed by atoms with Crippen molar-refractivity contribution in [1.82, 2.24) is 0 Å². The molecule has 0 saturated carbocycles. The largest absolute Gasteiger partial charge is 0.478 e. The first-order chi connectivity index (χ1) is 21.6. The first-order valence-corrected chi connectivity index (χ1v) is 13.7. The van der Waals surface area contributed by atoms with Crippen molar-refractivity contribution in [3.05, 3.63) is 119 Å². The average molecular weight is 605 g/mol.